The molecule has 1 N–H and O–H groups in total. The predicted molar refractivity (Wildman–Crippen MR) is 49.1 cm³/mol. The summed E-state index contributed by atoms with van der Waals surface area (Å²) < 4.78 is 0.755. The predicted octanol–water partition coefficient (Wildman–Crippen LogP) is 2.29. The van der Waals surface area contributed by atoms with E-state index in [-0.39, 0.29) is 0 Å². The molecule has 0 spiro atoms. The molecular weight excluding hydrogens is 180 g/mol. The van der Waals surface area contributed by atoms with Gasteiger partial charge in [-0.25, -0.2) is 4.98 Å². The smallest absolute Gasteiger partial charge is 0.113 e. The van der Waals surface area contributed by atoms with E-state index in [2.05, 4.69) is 24.1 Å². The van der Waals surface area contributed by atoms with Gasteiger partial charge in [0.1, 0.15) is 9.34 Å². The number of hydrogen-bond acceptors (Lipinski definition) is 3. The second-order valence-electron chi connectivity index (χ2n) is 2.59. The summed E-state index contributed by atoms with van der Waals surface area (Å²) in [5.74, 6) is 0. The molecule has 1 aromatic heterocycles. The average Bonchev–Trinajstić information content (AvgIpc) is 2.31. The third-order valence-electron chi connectivity index (χ3n) is 1.19. The number of halogens is 1. The molecule has 0 saturated carbocycles. The second kappa shape index (κ2) is 4.04. The summed E-state index contributed by atoms with van der Waals surface area (Å²) in [6.07, 6.45) is 1.68. The fraction of sp³-hybridized carbons (Fsp3) is 0.571. The van der Waals surface area contributed by atoms with Gasteiger partial charge in [-0.2, -0.15) is 0 Å². The Morgan fingerprint density at radius 2 is 2.45 bits per heavy atom. The lowest BCUT2D eigenvalue weighted by Crippen LogP contribution is -2.21. The fourth-order valence-electron chi connectivity index (χ4n) is 0.661. The largest absolute Gasteiger partial charge is 0.308 e. The highest BCUT2D eigenvalue weighted by Gasteiger charge is 1.99. The molecule has 62 valence electrons. The standard InChI is InChI=1S/C7H11ClN2S/c1-5(2)9-4-7-10-3-6(8)11-7/h3,5,9H,4H2,1-2H3. The van der Waals surface area contributed by atoms with Crippen LogP contribution in [0.1, 0.15) is 18.9 Å². The Bertz CT molecular complexity index is 222. The van der Waals surface area contributed by atoms with Crippen molar-refractivity contribution in [1.29, 1.82) is 0 Å². The average molecular weight is 191 g/mol. The van der Waals surface area contributed by atoms with Crippen LogP contribution in [0, 0.1) is 0 Å². The number of nitrogens with one attached hydrogen (secondary N) is 1. The molecule has 1 heterocycles. The van der Waals surface area contributed by atoms with Crippen molar-refractivity contribution in [1.82, 2.24) is 10.3 Å². The Morgan fingerprint density at radius 1 is 1.73 bits per heavy atom. The summed E-state index contributed by atoms with van der Waals surface area (Å²) in [4.78, 5) is 4.11. The molecule has 0 amide bonds. The van der Waals surface area contributed by atoms with Crippen LogP contribution in [0.15, 0.2) is 6.20 Å². The van der Waals surface area contributed by atoms with Crippen LogP contribution in [-0.2, 0) is 6.54 Å². The highest BCUT2D eigenvalue weighted by Crippen LogP contribution is 2.17. The molecule has 0 aliphatic carbocycles. The molecule has 0 radical (unpaired) electrons. The van der Waals surface area contributed by atoms with Crippen molar-refractivity contribution < 1.29 is 0 Å². The molecular formula is C7H11ClN2S. The van der Waals surface area contributed by atoms with E-state index in [0.717, 1.165) is 15.9 Å². The van der Waals surface area contributed by atoms with Gasteiger partial charge in [-0.3, -0.25) is 0 Å². The molecule has 0 atom stereocenters. The molecule has 0 fully saturated rings. The van der Waals surface area contributed by atoms with Crippen LogP contribution in [0.4, 0.5) is 0 Å². The lowest BCUT2D eigenvalue weighted by molar-refractivity contribution is 0.587. The van der Waals surface area contributed by atoms with Crippen LogP contribution in [0.5, 0.6) is 0 Å². The van der Waals surface area contributed by atoms with E-state index in [1.165, 1.54) is 11.3 Å². The Hall–Kier alpha value is -0.120. The van der Waals surface area contributed by atoms with Crippen LogP contribution in [0.3, 0.4) is 0 Å². The summed E-state index contributed by atoms with van der Waals surface area (Å²) in [6, 6.07) is 0.498. The van der Waals surface area contributed by atoms with E-state index in [0.29, 0.717) is 6.04 Å². The van der Waals surface area contributed by atoms with Gasteiger partial charge in [0.25, 0.3) is 0 Å². The lowest BCUT2D eigenvalue weighted by atomic mass is 10.4. The van der Waals surface area contributed by atoms with E-state index in [9.17, 15) is 0 Å². The third-order valence-corrected chi connectivity index (χ3v) is 2.30. The van der Waals surface area contributed by atoms with Crippen molar-refractivity contribution >= 4 is 22.9 Å². The van der Waals surface area contributed by atoms with Crippen LogP contribution < -0.4 is 5.32 Å². The summed E-state index contributed by atoms with van der Waals surface area (Å²) in [5.41, 5.74) is 0. The molecule has 0 bridgehead atoms. The maximum Gasteiger partial charge on any atom is 0.113 e. The molecule has 4 heteroatoms. The highest BCUT2D eigenvalue weighted by molar-refractivity contribution is 7.15. The Morgan fingerprint density at radius 3 is 2.91 bits per heavy atom. The summed E-state index contributed by atoms with van der Waals surface area (Å²) in [6.45, 7) is 5.03. The second-order valence-corrected chi connectivity index (χ2v) is 4.34. The van der Waals surface area contributed by atoms with E-state index < -0.39 is 0 Å². The number of aromatic nitrogens is 1. The number of rotatable bonds is 3. The van der Waals surface area contributed by atoms with Gasteiger partial charge in [0.05, 0.1) is 6.20 Å². The van der Waals surface area contributed by atoms with Crippen molar-refractivity contribution in [3.63, 3.8) is 0 Å². The van der Waals surface area contributed by atoms with Gasteiger partial charge >= 0.3 is 0 Å². The van der Waals surface area contributed by atoms with Crippen LogP contribution in [0.25, 0.3) is 0 Å². The summed E-state index contributed by atoms with van der Waals surface area (Å²) in [5, 5.41) is 4.31. The van der Waals surface area contributed by atoms with Gasteiger partial charge in [-0.05, 0) is 0 Å². The first-order valence-corrected chi connectivity index (χ1v) is 4.71. The molecule has 2 nitrogen and oxygen atoms in total. The van der Waals surface area contributed by atoms with Crippen LogP contribution in [-0.4, -0.2) is 11.0 Å². The normalized spacial score (nSPS) is 10.9. The first-order valence-electron chi connectivity index (χ1n) is 3.52. The minimum Gasteiger partial charge on any atom is -0.308 e. The summed E-state index contributed by atoms with van der Waals surface area (Å²) >= 11 is 7.23. The van der Waals surface area contributed by atoms with Gasteiger partial charge in [0.15, 0.2) is 0 Å². The third kappa shape index (κ3) is 3.18. The van der Waals surface area contributed by atoms with E-state index in [1.54, 1.807) is 6.20 Å². The minimum atomic E-state index is 0.498. The number of nitrogens with zero attached hydrogens (tertiary/aromatic N) is 1. The Kier molecular flexibility index (Phi) is 3.30. The first-order chi connectivity index (χ1) is 5.18. The molecule has 0 aromatic carbocycles. The monoisotopic (exact) mass is 190 g/mol. The molecule has 0 aliphatic heterocycles. The molecule has 0 saturated heterocycles. The number of thiazole rings is 1. The zero-order chi connectivity index (χ0) is 8.27. The van der Waals surface area contributed by atoms with Gasteiger partial charge in [0.2, 0.25) is 0 Å². The number of hydrogen-bond donors (Lipinski definition) is 1. The van der Waals surface area contributed by atoms with Crippen molar-refractivity contribution in [3.8, 4) is 0 Å². The van der Waals surface area contributed by atoms with Crippen LogP contribution >= 0.6 is 22.9 Å². The topological polar surface area (TPSA) is 24.9 Å². The molecule has 11 heavy (non-hydrogen) atoms. The minimum absolute atomic E-state index is 0.498. The zero-order valence-electron chi connectivity index (χ0n) is 6.60. The van der Waals surface area contributed by atoms with Gasteiger partial charge < -0.3 is 5.32 Å². The highest BCUT2D eigenvalue weighted by atomic mass is 35.5. The molecule has 0 unspecified atom stereocenters. The van der Waals surface area contributed by atoms with Gasteiger partial charge in [-0.15, -0.1) is 11.3 Å². The van der Waals surface area contributed by atoms with E-state index in [1.807, 2.05) is 0 Å². The molecule has 1 rings (SSSR count). The van der Waals surface area contributed by atoms with E-state index in [4.69, 9.17) is 11.6 Å². The molecule has 0 aliphatic rings. The van der Waals surface area contributed by atoms with Gasteiger partial charge in [-0.1, -0.05) is 25.4 Å². The van der Waals surface area contributed by atoms with Gasteiger partial charge in [0, 0.05) is 12.6 Å². The first kappa shape index (κ1) is 8.97. The van der Waals surface area contributed by atoms with Crippen LogP contribution in [0.2, 0.25) is 4.34 Å². The lowest BCUT2D eigenvalue weighted by Gasteiger charge is -2.03. The summed E-state index contributed by atoms with van der Waals surface area (Å²) in [7, 11) is 0. The van der Waals surface area contributed by atoms with Crippen molar-refractivity contribution in [2.45, 2.75) is 26.4 Å². The maximum atomic E-state index is 5.70. The Labute approximate surface area is 75.6 Å². The van der Waals surface area contributed by atoms with Crippen molar-refractivity contribution in [2.24, 2.45) is 0 Å². The maximum absolute atomic E-state index is 5.70. The fourth-order valence-corrected chi connectivity index (χ4v) is 1.57. The van der Waals surface area contributed by atoms with Crippen molar-refractivity contribution in [3.05, 3.63) is 15.5 Å². The van der Waals surface area contributed by atoms with E-state index >= 15 is 0 Å². The quantitative estimate of drug-likeness (QED) is 0.791. The Balaban J connectivity index is 2.39. The SMILES string of the molecule is CC(C)NCc1ncc(Cl)s1. The zero-order valence-corrected chi connectivity index (χ0v) is 8.17. The van der Waals surface area contributed by atoms with Crippen molar-refractivity contribution in [2.75, 3.05) is 0 Å². The molecule has 1 aromatic rings.